The van der Waals surface area contributed by atoms with Crippen molar-refractivity contribution in [3.8, 4) is 11.5 Å². The normalized spacial score (nSPS) is 22.4. The van der Waals surface area contributed by atoms with Crippen molar-refractivity contribution in [3.05, 3.63) is 23.3 Å². The molecule has 0 saturated carbocycles. The fraction of sp³-hybridized carbons (Fsp3) is 0.538. The van der Waals surface area contributed by atoms with Crippen molar-refractivity contribution in [2.75, 3.05) is 27.8 Å². The standard InChI is InChI=1S/C13H19NO3/c1-14-7-8-4-11(15)13-10(8)5-9(16-2)6-12(13)17-3/h5-6,8,11,14-15H,4,7H2,1-3H3. The third-order valence-corrected chi connectivity index (χ3v) is 3.33. The quantitative estimate of drug-likeness (QED) is 0.832. The SMILES string of the molecule is CNCC1CC(O)c2c(OC)cc(OC)cc21. The van der Waals surface area contributed by atoms with Gasteiger partial charge in [0, 0.05) is 18.2 Å². The second-order valence-electron chi connectivity index (χ2n) is 4.34. The van der Waals surface area contributed by atoms with Gasteiger partial charge >= 0.3 is 0 Å². The molecule has 2 rings (SSSR count). The molecule has 4 nitrogen and oxygen atoms in total. The molecule has 0 amide bonds. The molecule has 0 radical (unpaired) electrons. The van der Waals surface area contributed by atoms with Crippen LogP contribution in [0, 0.1) is 0 Å². The Kier molecular flexibility index (Phi) is 3.54. The number of methoxy groups -OCH3 is 2. The van der Waals surface area contributed by atoms with Crippen LogP contribution in [0.15, 0.2) is 12.1 Å². The van der Waals surface area contributed by atoms with Gasteiger partial charge < -0.3 is 19.9 Å². The molecule has 0 fully saturated rings. The number of aliphatic hydroxyl groups excluding tert-OH is 1. The number of rotatable bonds is 4. The zero-order chi connectivity index (χ0) is 12.4. The van der Waals surface area contributed by atoms with Gasteiger partial charge in [-0.2, -0.15) is 0 Å². The predicted octanol–water partition coefficient (Wildman–Crippen LogP) is 1.44. The predicted molar refractivity (Wildman–Crippen MR) is 65.8 cm³/mol. The molecule has 1 aromatic carbocycles. The molecule has 0 bridgehead atoms. The molecule has 2 atom stereocenters. The van der Waals surface area contributed by atoms with Gasteiger partial charge in [0.1, 0.15) is 11.5 Å². The molecular weight excluding hydrogens is 218 g/mol. The smallest absolute Gasteiger partial charge is 0.128 e. The van der Waals surface area contributed by atoms with Crippen molar-refractivity contribution in [2.45, 2.75) is 18.4 Å². The molecule has 0 aromatic heterocycles. The summed E-state index contributed by atoms with van der Waals surface area (Å²) < 4.78 is 10.6. The van der Waals surface area contributed by atoms with Crippen LogP contribution >= 0.6 is 0 Å². The van der Waals surface area contributed by atoms with Crippen LogP contribution in [0.2, 0.25) is 0 Å². The zero-order valence-corrected chi connectivity index (χ0v) is 10.5. The van der Waals surface area contributed by atoms with Gasteiger partial charge in [-0.3, -0.25) is 0 Å². The average molecular weight is 237 g/mol. The van der Waals surface area contributed by atoms with Gasteiger partial charge in [-0.05, 0) is 31.0 Å². The number of benzene rings is 1. The summed E-state index contributed by atoms with van der Waals surface area (Å²) in [6, 6.07) is 3.82. The number of hydrogen-bond donors (Lipinski definition) is 2. The Morgan fingerprint density at radius 1 is 1.35 bits per heavy atom. The molecule has 1 aromatic rings. The van der Waals surface area contributed by atoms with E-state index in [1.165, 1.54) is 0 Å². The molecule has 2 N–H and O–H groups in total. The maximum absolute atomic E-state index is 10.1. The minimum atomic E-state index is -0.441. The van der Waals surface area contributed by atoms with E-state index in [9.17, 15) is 5.11 Å². The number of ether oxygens (including phenoxy) is 2. The molecule has 17 heavy (non-hydrogen) atoms. The van der Waals surface area contributed by atoms with Crippen LogP contribution < -0.4 is 14.8 Å². The minimum Gasteiger partial charge on any atom is -0.497 e. The molecular formula is C13H19NO3. The van der Waals surface area contributed by atoms with Crippen molar-refractivity contribution in [3.63, 3.8) is 0 Å². The monoisotopic (exact) mass is 237 g/mol. The number of aliphatic hydroxyl groups is 1. The third kappa shape index (κ3) is 2.10. The van der Waals surface area contributed by atoms with Crippen LogP contribution in [-0.4, -0.2) is 32.9 Å². The van der Waals surface area contributed by atoms with E-state index in [-0.39, 0.29) is 0 Å². The lowest BCUT2D eigenvalue weighted by Crippen LogP contribution is -2.15. The van der Waals surface area contributed by atoms with Crippen LogP contribution in [0.4, 0.5) is 0 Å². The van der Waals surface area contributed by atoms with Crippen LogP contribution in [0.3, 0.4) is 0 Å². The second kappa shape index (κ2) is 4.94. The lowest BCUT2D eigenvalue weighted by molar-refractivity contribution is 0.169. The molecule has 4 heteroatoms. The Hall–Kier alpha value is -1.26. The third-order valence-electron chi connectivity index (χ3n) is 3.33. The summed E-state index contributed by atoms with van der Waals surface area (Å²) in [5.74, 6) is 1.80. The van der Waals surface area contributed by atoms with Gasteiger partial charge in [-0.1, -0.05) is 0 Å². The summed E-state index contributed by atoms with van der Waals surface area (Å²) in [5, 5.41) is 13.3. The summed E-state index contributed by atoms with van der Waals surface area (Å²) in [5.41, 5.74) is 2.04. The van der Waals surface area contributed by atoms with Crippen LogP contribution in [0.25, 0.3) is 0 Å². The Bertz CT molecular complexity index is 406. The van der Waals surface area contributed by atoms with Crippen LogP contribution in [-0.2, 0) is 0 Å². The zero-order valence-electron chi connectivity index (χ0n) is 10.5. The minimum absolute atomic E-state index is 0.314. The van der Waals surface area contributed by atoms with Gasteiger partial charge in [0.25, 0.3) is 0 Å². The molecule has 0 spiro atoms. The van der Waals surface area contributed by atoms with Crippen molar-refractivity contribution in [2.24, 2.45) is 0 Å². The maximum atomic E-state index is 10.1. The van der Waals surface area contributed by atoms with Crippen molar-refractivity contribution < 1.29 is 14.6 Å². The van der Waals surface area contributed by atoms with E-state index in [2.05, 4.69) is 5.32 Å². The van der Waals surface area contributed by atoms with Crippen molar-refractivity contribution in [1.29, 1.82) is 0 Å². The van der Waals surface area contributed by atoms with E-state index in [0.29, 0.717) is 11.7 Å². The Morgan fingerprint density at radius 3 is 2.71 bits per heavy atom. The first-order valence-electron chi connectivity index (χ1n) is 5.79. The van der Waals surface area contributed by atoms with Crippen LogP contribution in [0.5, 0.6) is 11.5 Å². The van der Waals surface area contributed by atoms with E-state index in [1.807, 2.05) is 19.2 Å². The summed E-state index contributed by atoms with van der Waals surface area (Å²) in [4.78, 5) is 0. The van der Waals surface area contributed by atoms with Gasteiger partial charge in [0.2, 0.25) is 0 Å². The van der Waals surface area contributed by atoms with Crippen molar-refractivity contribution in [1.82, 2.24) is 5.32 Å². The van der Waals surface area contributed by atoms with Gasteiger partial charge in [0.15, 0.2) is 0 Å². The van der Waals surface area contributed by atoms with Gasteiger partial charge in [0.05, 0.1) is 20.3 Å². The highest BCUT2D eigenvalue weighted by Crippen LogP contribution is 2.46. The Morgan fingerprint density at radius 2 is 2.12 bits per heavy atom. The van der Waals surface area contributed by atoms with Gasteiger partial charge in [-0.25, -0.2) is 0 Å². The highest BCUT2D eigenvalue weighted by Gasteiger charge is 2.32. The maximum Gasteiger partial charge on any atom is 0.128 e. The van der Waals surface area contributed by atoms with E-state index < -0.39 is 6.10 Å². The first-order valence-corrected chi connectivity index (χ1v) is 5.79. The summed E-state index contributed by atoms with van der Waals surface area (Å²) in [6.45, 7) is 0.848. The molecule has 0 saturated heterocycles. The number of likely N-dealkylation sites (N-methyl/N-ethyl adjacent to an activating group) is 1. The van der Waals surface area contributed by atoms with E-state index in [0.717, 1.165) is 29.8 Å². The van der Waals surface area contributed by atoms with E-state index in [1.54, 1.807) is 14.2 Å². The highest BCUT2D eigenvalue weighted by molar-refractivity contribution is 5.52. The number of fused-ring (bicyclic) bond motifs is 1. The largest absolute Gasteiger partial charge is 0.497 e. The summed E-state index contributed by atoms with van der Waals surface area (Å²) in [7, 11) is 5.18. The second-order valence-corrected chi connectivity index (χ2v) is 4.34. The lowest BCUT2D eigenvalue weighted by Gasteiger charge is -2.14. The Balaban J connectivity index is 2.47. The van der Waals surface area contributed by atoms with Crippen molar-refractivity contribution >= 4 is 0 Å². The average Bonchev–Trinajstić information content (AvgIpc) is 2.66. The molecule has 2 unspecified atom stereocenters. The molecule has 94 valence electrons. The first-order chi connectivity index (χ1) is 8.21. The summed E-state index contributed by atoms with van der Waals surface area (Å²) in [6.07, 6.45) is 0.295. The van der Waals surface area contributed by atoms with E-state index in [4.69, 9.17) is 9.47 Å². The number of nitrogens with one attached hydrogen (secondary N) is 1. The lowest BCUT2D eigenvalue weighted by atomic mass is 10.0. The number of hydrogen-bond acceptors (Lipinski definition) is 4. The fourth-order valence-corrected chi connectivity index (χ4v) is 2.56. The summed E-state index contributed by atoms with van der Waals surface area (Å²) >= 11 is 0. The topological polar surface area (TPSA) is 50.7 Å². The Labute approximate surface area is 102 Å². The van der Waals surface area contributed by atoms with Gasteiger partial charge in [-0.15, -0.1) is 0 Å². The molecule has 0 aliphatic heterocycles. The fourth-order valence-electron chi connectivity index (χ4n) is 2.56. The van der Waals surface area contributed by atoms with Crippen LogP contribution in [0.1, 0.15) is 29.6 Å². The van der Waals surface area contributed by atoms with E-state index >= 15 is 0 Å². The molecule has 1 aliphatic rings. The molecule has 1 aliphatic carbocycles. The molecule has 0 heterocycles. The highest BCUT2D eigenvalue weighted by atomic mass is 16.5. The first kappa shape index (κ1) is 12.2.